The Labute approximate surface area is 156 Å². The molecule has 0 radical (unpaired) electrons. The zero-order valence-corrected chi connectivity index (χ0v) is 14.7. The van der Waals surface area contributed by atoms with Crippen molar-refractivity contribution in [1.29, 1.82) is 10.7 Å². The quantitative estimate of drug-likeness (QED) is 0.398. The van der Waals surface area contributed by atoms with E-state index in [9.17, 15) is 10.4 Å². The summed E-state index contributed by atoms with van der Waals surface area (Å²) in [4.78, 5) is 4.88. The van der Waals surface area contributed by atoms with Crippen molar-refractivity contribution in [2.75, 3.05) is 0 Å². The van der Waals surface area contributed by atoms with Gasteiger partial charge in [-0.1, -0.05) is 54.2 Å². The number of nitriles is 1. The number of aromatic nitrogens is 1. The fraction of sp³-hybridized carbons (Fsp3) is 0.0952. The molecule has 26 heavy (non-hydrogen) atoms. The maximum atomic E-state index is 10.6. The van der Waals surface area contributed by atoms with Crippen LogP contribution in [-0.2, 0) is 0 Å². The van der Waals surface area contributed by atoms with E-state index in [2.05, 4.69) is 11.1 Å². The van der Waals surface area contributed by atoms with E-state index in [1.54, 1.807) is 36.7 Å². The standard InChI is InChI=1S/C21H17N3OS/c22-14-19(21(23)26-18-7-2-1-3-8-18)16-5-4-6-17(13-16)20(25)15-9-11-24-12-10-15/h1-13,19-20,23,25H. The molecule has 0 spiro atoms. The lowest BCUT2D eigenvalue weighted by Gasteiger charge is -2.15. The molecular weight excluding hydrogens is 342 g/mol. The van der Waals surface area contributed by atoms with Crippen LogP contribution in [0, 0.1) is 16.7 Å². The van der Waals surface area contributed by atoms with Crippen molar-refractivity contribution in [3.63, 3.8) is 0 Å². The number of rotatable bonds is 5. The molecule has 2 N–H and O–H groups in total. The van der Waals surface area contributed by atoms with Crippen LogP contribution in [0.2, 0.25) is 0 Å². The highest BCUT2D eigenvalue weighted by Gasteiger charge is 2.19. The van der Waals surface area contributed by atoms with Gasteiger partial charge in [-0.05, 0) is 41.0 Å². The Morgan fingerprint density at radius 2 is 1.65 bits per heavy atom. The first-order chi connectivity index (χ1) is 12.7. The molecule has 128 valence electrons. The largest absolute Gasteiger partial charge is 0.384 e. The molecular formula is C21H17N3OS. The molecule has 0 saturated carbocycles. The molecule has 4 nitrogen and oxygen atoms in total. The van der Waals surface area contributed by atoms with E-state index in [0.717, 1.165) is 10.5 Å². The van der Waals surface area contributed by atoms with Gasteiger partial charge in [0.05, 0.1) is 11.1 Å². The van der Waals surface area contributed by atoms with Gasteiger partial charge >= 0.3 is 0 Å². The number of hydrogen-bond acceptors (Lipinski definition) is 5. The maximum Gasteiger partial charge on any atom is 0.119 e. The van der Waals surface area contributed by atoms with E-state index in [1.165, 1.54) is 11.8 Å². The monoisotopic (exact) mass is 359 g/mol. The highest BCUT2D eigenvalue weighted by atomic mass is 32.2. The number of thioether (sulfide) groups is 1. The number of aliphatic hydroxyl groups is 1. The average Bonchev–Trinajstić information content (AvgIpc) is 2.69. The lowest BCUT2D eigenvalue weighted by atomic mass is 9.95. The number of nitrogens with zero attached hydrogens (tertiary/aromatic N) is 2. The number of benzene rings is 2. The van der Waals surface area contributed by atoms with Gasteiger partial charge in [0.25, 0.3) is 0 Å². The molecule has 1 heterocycles. The summed E-state index contributed by atoms with van der Waals surface area (Å²) in [6.07, 6.45) is 2.47. The summed E-state index contributed by atoms with van der Waals surface area (Å²) >= 11 is 1.27. The first kappa shape index (κ1) is 17.9. The second-order valence-corrected chi connectivity index (χ2v) is 6.81. The van der Waals surface area contributed by atoms with E-state index in [1.807, 2.05) is 42.5 Å². The average molecular weight is 359 g/mol. The van der Waals surface area contributed by atoms with Crippen LogP contribution < -0.4 is 0 Å². The van der Waals surface area contributed by atoms with Gasteiger partial charge < -0.3 is 5.11 Å². The smallest absolute Gasteiger partial charge is 0.119 e. The minimum absolute atomic E-state index is 0.259. The second-order valence-electron chi connectivity index (χ2n) is 5.69. The molecule has 2 aromatic carbocycles. The molecule has 1 aromatic heterocycles. The van der Waals surface area contributed by atoms with Crippen LogP contribution in [-0.4, -0.2) is 15.1 Å². The highest BCUT2D eigenvalue weighted by Crippen LogP contribution is 2.30. The van der Waals surface area contributed by atoms with Gasteiger partial charge in [0, 0.05) is 17.3 Å². The van der Waals surface area contributed by atoms with Gasteiger partial charge in [0.2, 0.25) is 0 Å². The van der Waals surface area contributed by atoms with Crippen molar-refractivity contribution < 1.29 is 5.11 Å². The van der Waals surface area contributed by atoms with E-state index in [0.29, 0.717) is 11.1 Å². The van der Waals surface area contributed by atoms with Crippen LogP contribution in [0.25, 0.3) is 0 Å². The Morgan fingerprint density at radius 1 is 0.962 bits per heavy atom. The molecule has 0 fully saturated rings. The number of nitrogens with one attached hydrogen (secondary N) is 1. The summed E-state index contributed by atoms with van der Waals surface area (Å²) in [6, 6.07) is 22.5. The molecule has 3 aromatic rings. The molecule has 0 aliphatic carbocycles. The molecule has 2 atom stereocenters. The first-order valence-corrected chi connectivity index (χ1v) is 8.89. The van der Waals surface area contributed by atoms with Gasteiger partial charge in [0.15, 0.2) is 0 Å². The summed E-state index contributed by atoms with van der Waals surface area (Å²) in [5, 5.41) is 28.8. The fourth-order valence-electron chi connectivity index (χ4n) is 2.61. The molecule has 5 heteroatoms. The van der Waals surface area contributed by atoms with Crippen molar-refractivity contribution in [2.24, 2.45) is 0 Å². The molecule has 2 unspecified atom stereocenters. The fourth-order valence-corrected chi connectivity index (χ4v) is 3.46. The summed E-state index contributed by atoms with van der Waals surface area (Å²) in [6.45, 7) is 0. The molecule has 0 saturated heterocycles. The Morgan fingerprint density at radius 3 is 2.35 bits per heavy atom. The van der Waals surface area contributed by atoms with E-state index >= 15 is 0 Å². The maximum absolute atomic E-state index is 10.6. The minimum atomic E-state index is -0.798. The van der Waals surface area contributed by atoms with Gasteiger partial charge in [-0.2, -0.15) is 5.26 Å². The van der Waals surface area contributed by atoms with Crippen molar-refractivity contribution >= 4 is 16.8 Å². The second kappa shape index (κ2) is 8.43. The van der Waals surface area contributed by atoms with Gasteiger partial charge in [-0.25, -0.2) is 0 Å². The van der Waals surface area contributed by atoms with Crippen LogP contribution in [0.5, 0.6) is 0 Å². The van der Waals surface area contributed by atoms with Crippen LogP contribution in [0.1, 0.15) is 28.7 Å². The highest BCUT2D eigenvalue weighted by molar-refractivity contribution is 8.14. The minimum Gasteiger partial charge on any atom is -0.384 e. The molecule has 3 rings (SSSR count). The molecule has 0 aliphatic rings. The summed E-state index contributed by atoms with van der Waals surface area (Å²) in [5.41, 5.74) is 2.12. The number of pyridine rings is 1. The zero-order valence-electron chi connectivity index (χ0n) is 13.9. The van der Waals surface area contributed by atoms with Gasteiger partial charge in [-0.15, -0.1) is 0 Å². The Hall–Kier alpha value is -2.94. The third-order valence-corrected chi connectivity index (χ3v) is 4.91. The van der Waals surface area contributed by atoms with Crippen LogP contribution >= 0.6 is 11.8 Å². The lowest BCUT2D eigenvalue weighted by molar-refractivity contribution is 0.220. The Kier molecular flexibility index (Phi) is 5.80. The van der Waals surface area contributed by atoms with Crippen LogP contribution in [0.3, 0.4) is 0 Å². The Bertz CT molecular complexity index is 923. The third kappa shape index (κ3) is 4.17. The number of hydrogen-bond donors (Lipinski definition) is 2. The molecule has 0 bridgehead atoms. The van der Waals surface area contributed by atoms with E-state index in [4.69, 9.17) is 5.41 Å². The van der Waals surface area contributed by atoms with Crippen molar-refractivity contribution in [1.82, 2.24) is 4.98 Å². The summed E-state index contributed by atoms with van der Waals surface area (Å²) in [7, 11) is 0. The molecule has 0 amide bonds. The number of aliphatic hydroxyl groups excluding tert-OH is 1. The predicted molar refractivity (Wildman–Crippen MR) is 103 cm³/mol. The predicted octanol–water partition coefficient (Wildman–Crippen LogP) is 4.54. The van der Waals surface area contributed by atoms with Crippen molar-refractivity contribution in [3.05, 3.63) is 95.8 Å². The first-order valence-electron chi connectivity index (χ1n) is 8.08. The van der Waals surface area contributed by atoms with E-state index < -0.39 is 12.0 Å². The van der Waals surface area contributed by atoms with Gasteiger partial charge in [-0.3, -0.25) is 10.4 Å². The van der Waals surface area contributed by atoms with Crippen LogP contribution in [0.15, 0.2) is 84.0 Å². The normalized spacial score (nSPS) is 12.8. The van der Waals surface area contributed by atoms with Crippen LogP contribution in [0.4, 0.5) is 0 Å². The zero-order chi connectivity index (χ0) is 18.4. The Balaban J connectivity index is 1.83. The summed E-state index contributed by atoms with van der Waals surface area (Å²) < 4.78 is 0. The SMILES string of the molecule is N#CC(C(=N)Sc1ccccc1)c1cccc(C(O)c2ccncc2)c1. The lowest BCUT2D eigenvalue weighted by Crippen LogP contribution is -2.08. The molecule has 0 aliphatic heterocycles. The third-order valence-electron chi connectivity index (χ3n) is 3.94. The van der Waals surface area contributed by atoms with Gasteiger partial charge in [0.1, 0.15) is 12.0 Å². The summed E-state index contributed by atoms with van der Waals surface area (Å²) in [5.74, 6) is -0.676. The van der Waals surface area contributed by atoms with Crippen molar-refractivity contribution in [3.8, 4) is 6.07 Å². The van der Waals surface area contributed by atoms with Crippen molar-refractivity contribution in [2.45, 2.75) is 16.9 Å². The topological polar surface area (TPSA) is 80.8 Å². The van der Waals surface area contributed by atoms with E-state index in [-0.39, 0.29) is 5.04 Å².